The van der Waals surface area contributed by atoms with Gasteiger partial charge in [0.15, 0.2) is 0 Å². The lowest BCUT2D eigenvalue weighted by Gasteiger charge is -2.33. The van der Waals surface area contributed by atoms with E-state index < -0.39 is 0 Å². The fraction of sp³-hybridized carbons (Fsp3) is 0.526. The lowest BCUT2D eigenvalue weighted by atomic mass is 9.89. The van der Waals surface area contributed by atoms with Crippen LogP contribution in [0, 0.1) is 5.92 Å². The highest BCUT2D eigenvalue weighted by atomic mass is 16.5. The molecule has 0 radical (unpaired) electrons. The van der Waals surface area contributed by atoms with Crippen molar-refractivity contribution in [1.29, 1.82) is 0 Å². The lowest BCUT2D eigenvalue weighted by molar-refractivity contribution is -0.132. The Balaban J connectivity index is 1.49. The average Bonchev–Trinajstić information content (AvgIpc) is 3.00. The summed E-state index contributed by atoms with van der Waals surface area (Å²) < 4.78 is 5.21. The number of allylic oxidation sites excluding steroid dienone is 1. The van der Waals surface area contributed by atoms with E-state index in [1.54, 1.807) is 7.11 Å². The first-order valence-corrected chi connectivity index (χ1v) is 8.51. The zero-order valence-corrected chi connectivity index (χ0v) is 13.8. The molecule has 1 amide bonds. The van der Waals surface area contributed by atoms with Crippen LogP contribution < -0.4 is 10.5 Å². The number of likely N-dealkylation sites (tertiary alicyclic amines) is 1. The Morgan fingerprint density at radius 1 is 1.22 bits per heavy atom. The van der Waals surface area contributed by atoms with Crippen LogP contribution in [0.5, 0.6) is 5.75 Å². The van der Waals surface area contributed by atoms with Gasteiger partial charge in [-0.05, 0) is 48.8 Å². The number of amides is 1. The highest BCUT2D eigenvalue weighted by Gasteiger charge is 2.26. The summed E-state index contributed by atoms with van der Waals surface area (Å²) in [5, 5.41) is 0. The van der Waals surface area contributed by atoms with Crippen LogP contribution in [0.25, 0.3) is 0 Å². The number of benzene rings is 1. The van der Waals surface area contributed by atoms with Crippen molar-refractivity contribution in [1.82, 2.24) is 4.90 Å². The Morgan fingerprint density at radius 3 is 2.48 bits per heavy atom. The maximum absolute atomic E-state index is 12.4. The van der Waals surface area contributed by atoms with E-state index in [4.69, 9.17) is 10.5 Å². The van der Waals surface area contributed by atoms with Gasteiger partial charge in [-0.1, -0.05) is 24.3 Å². The van der Waals surface area contributed by atoms with Crippen molar-refractivity contribution >= 4 is 5.91 Å². The van der Waals surface area contributed by atoms with Crippen molar-refractivity contribution in [3.63, 3.8) is 0 Å². The first-order chi connectivity index (χ1) is 11.2. The molecule has 1 aliphatic carbocycles. The Hall–Kier alpha value is -1.81. The van der Waals surface area contributed by atoms with Crippen LogP contribution in [-0.4, -0.2) is 37.0 Å². The molecule has 1 aliphatic heterocycles. The second kappa shape index (κ2) is 7.18. The third-order valence-electron chi connectivity index (χ3n) is 5.08. The molecule has 0 bridgehead atoms. The SMILES string of the molecule is COc1ccc(C2CCN(C(=O)C[C@@H]3C=C[C@H](N)C3)CC2)cc1. The fourth-order valence-corrected chi connectivity index (χ4v) is 3.65. The van der Waals surface area contributed by atoms with Crippen molar-refractivity contribution < 1.29 is 9.53 Å². The van der Waals surface area contributed by atoms with E-state index in [9.17, 15) is 4.79 Å². The van der Waals surface area contributed by atoms with Gasteiger partial charge in [-0.15, -0.1) is 0 Å². The predicted molar refractivity (Wildman–Crippen MR) is 91.4 cm³/mol. The molecule has 1 aromatic rings. The molecule has 124 valence electrons. The maximum Gasteiger partial charge on any atom is 0.223 e. The number of hydrogen-bond acceptors (Lipinski definition) is 3. The van der Waals surface area contributed by atoms with Crippen molar-refractivity contribution in [2.75, 3.05) is 20.2 Å². The molecule has 3 rings (SSSR count). The number of piperidine rings is 1. The summed E-state index contributed by atoms with van der Waals surface area (Å²) in [6, 6.07) is 8.45. The zero-order valence-electron chi connectivity index (χ0n) is 13.8. The van der Waals surface area contributed by atoms with E-state index in [1.165, 1.54) is 5.56 Å². The molecule has 1 heterocycles. The molecule has 4 heteroatoms. The highest BCUT2D eigenvalue weighted by Crippen LogP contribution is 2.30. The minimum absolute atomic E-state index is 0.133. The van der Waals surface area contributed by atoms with Crippen LogP contribution in [0.3, 0.4) is 0 Å². The zero-order chi connectivity index (χ0) is 16.2. The van der Waals surface area contributed by atoms with Gasteiger partial charge in [-0.3, -0.25) is 4.79 Å². The summed E-state index contributed by atoms with van der Waals surface area (Å²) in [6.07, 6.45) is 7.72. The van der Waals surface area contributed by atoms with Gasteiger partial charge in [-0.25, -0.2) is 0 Å². The second-order valence-corrected chi connectivity index (χ2v) is 6.68. The molecule has 2 atom stereocenters. The van der Waals surface area contributed by atoms with Crippen LogP contribution in [0.4, 0.5) is 0 Å². The standard InChI is InChI=1S/C19H26N2O2/c1-23-18-6-3-15(4-7-18)16-8-10-21(11-9-16)19(22)13-14-2-5-17(20)12-14/h2-7,14,16-17H,8-13,20H2,1H3/t14-,17+/m1/s1. The van der Waals surface area contributed by atoms with Crippen LogP contribution in [-0.2, 0) is 4.79 Å². The molecule has 4 nitrogen and oxygen atoms in total. The number of rotatable bonds is 4. The van der Waals surface area contributed by atoms with Gasteiger partial charge in [0, 0.05) is 25.6 Å². The summed E-state index contributed by atoms with van der Waals surface area (Å²) in [6.45, 7) is 1.72. The molecule has 1 fully saturated rings. The lowest BCUT2D eigenvalue weighted by Crippen LogP contribution is -2.38. The quantitative estimate of drug-likeness (QED) is 0.869. The Kier molecular flexibility index (Phi) is 5.01. The number of nitrogens with zero attached hydrogens (tertiary/aromatic N) is 1. The van der Waals surface area contributed by atoms with E-state index in [1.807, 2.05) is 23.1 Å². The van der Waals surface area contributed by atoms with Crippen LogP contribution in [0.1, 0.15) is 37.2 Å². The average molecular weight is 314 g/mol. The van der Waals surface area contributed by atoms with Crippen LogP contribution in [0.2, 0.25) is 0 Å². The first kappa shape index (κ1) is 16.1. The third-order valence-corrected chi connectivity index (χ3v) is 5.08. The molecule has 1 aromatic carbocycles. The van der Waals surface area contributed by atoms with E-state index in [-0.39, 0.29) is 11.9 Å². The molecule has 1 saturated heterocycles. The van der Waals surface area contributed by atoms with Gasteiger partial charge in [0.05, 0.1) is 7.11 Å². The maximum atomic E-state index is 12.4. The molecule has 23 heavy (non-hydrogen) atoms. The van der Waals surface area contributed by atoms with Gasteiger partial charge >= 0.3 is 0 Å². The van der Waals surface area contributed by atoms with E-state index in [2.05, 4.69) is 18.2 Å². The van der Waals surface area contributed by atoms with Gasteiger partial charge in [0.1, 0.15) is 5.75 Å². The molecular formula is C19H26N2O2. The van der Waals surface area contributed by atoms with Crippen molar-refractivity contribution in [2.45, 2.75) is 37.6 Å². The molecular weight excluding hydrogens is 288 g/mol. The number of carbonyl (C=O) groups is 1. The Bertz CT molecular complexity index is 559. The number of methoxy groups -OCH3 is 1. The molecule has 0 aromatic heterocycles. The number of hydrogen-bond donors (Lipinski definition) is 1. The molecule has 2 aliphatic rings. The highest BCUT2D eigenvalue weighted by molar-refractivity contribution is 5.76. The van der Waals surface area contributed by atoms with E-state index in [0.29, 0.717) is 18.3 Å². The minimum atomic E-state index is 0.133. The summed E-state index contributed by atoms with van der Waals surface area (Å²) in [4.78, 5) is 14.4. The molecule has 0 spiro atoms. The van der Waals surface area contributed by atoms with Gasteiger partial charge in [-0.2, -0.15) is 0 Å². The topological polar surface area (TPSA) is 55.6 Å². The van der Waals surface area contributed by atoms with E-state index >= 15 is 0 Å². The Labute approximate surface area is 138 Å². The van der Waals surface area contributed by atoms with Crippen molar-refractivity contribution in [3.8, 4) is 5.75 Å². The van der Waals surface area contributed by atoms with Crippen LogP contribution >= 0.6 is 0 Å². The van der Waals surface area contributed by atoms with Crippen molar-refractivity contribution in [3.05, 3.63) is 42.0 Å². The third kappa shape index (κ3) is 3.94. The predicted octanol–water partition coefficient (Wildman–Crippen LogP) is 2.69. The van der Waals surface area contributed by atoms with E-state index in [0.717, 1.165) is 38.1 Å². The number of ether oxygens (including phenoxy) is 1. The molecule has 2 N–H and O–H groups in total. The number of nitrogens with two attached hydrogens (primary N) is 1. The van der Waals surface area contributed by atoms with Crippen LogP contribution in [0.15, 0.2) is 36.4 Å². The second-order valence-electron chi connectivity index (χ2n) is 6.68. The summed E-state index contributed by atoms with van der Waals surface area (Å²) in [7, 11) is 1.69. The fourth-order valence-electron chi connectivity index (χ4n) is 3.65. The summed E-state index contributed by atoms with van der Waals surface area (Å²) in [5.41, 5.74) is 7.21. The smallest absolute Gasteiger partial charge is 0.223 e. The number of carbonyl (C=O) groups excluding carboxylic acids is 1. The molecule has 0 unspecified atom stereocenters. The molecule has 0 saturated carbocycles. The van der Waals surface area contributed by atoms with Gasteiger partial charge in [0.25, 0.3) is 0 Å². The largest absolute Gasteiger partial charge is 0.497 e. The van der Waals surface area contributed by atoms with Gasteiger partial charge in [0.2, 0.25) is 5.91 Å². The van der Waals surface area contributed by atoms with Gasteiger partial charge < -0.3 is 15.4 Å². The normalized spacial score (nSPS) is 24.9. The summed E-state index contributed by atoms with van der Waals surface area (Å²) >= 11 is 0. The van der Waals surface area contributed by atoms with Crippen molar-refractivity contribution in [2.24, 2.45) is 11.7 Å². The summed E-state index contributed by atoms with van der Waals surface area (Å²) in [5.74, 6) is 2.05. The minimum Gasteiger partial charge on any atom is -0.497 e. The monoisotopic (exact) mass is 314 g/mol. The first-order valence-electron chi connectivity index (χ1n) is 8.51. The Morgan fingerprint density at radius 2 is 1.91 bits per heavy atom.